The molecule has 0 spiro atoms. The van der Waals surface area contributed by atoms with Crippen molar-refractivity contribution in [2.75, 3.05) is 12.5 Å². The SMILES string of the molecule is C[N+]([O-])=NNc1ccc(Cl)cc1. The highest BCUT2D eigenvalue weighted by atomic mass is 35.5. The molecule has 1 aromatic rings. The Morgan fingerprint density at radius 2 is 2.00 bits per heavy atom. The third kappa shape index (κ3) is 2.75. The largest absolute Gasteiger partial charge is 0.696 e. The minimum Gasteiger partial charge on any atom is -0.696 e. The van der Waals surface area contributed by atoms with Crippen molar-refractivity contribution < 1.29 is 4.86 Å². The van der Waals surface area contributed by atoms with Gasteiger partial charge in [-0.05, 0) is 24.3 Å². The minimum atomic E-state index is 0.439. The van der Waals surface area contributed by atoms with E-state index in [2.05, 4.69) is 10.6 Å². The summed E-state index contributed by atoms with van der Waals surface area (Å²) in [6, 6.07) is 6.89. The molecule has 12 heavy (non-hydrogen) atoms. The summed E-state index contributed by atoms with van der Waals surface area (Å²) in [5.74, 6) is 0. The normalized spacial score (nSPS) is 11.3. The Balaban J connectivity index is 2.65. The lowest BCUT2D eigenvalue weighted by Crippen LogP contribution is -1.96. The minimum absolute atomic E-state index is 0.439. The number of halogens is 1. The molecule has 0 aromatic heterocycles. The molecule has 1 aromatic carbocycles. The summed E-state index contributed by atoms with van der Waals surface area (Å²) in [7, 11) is 1.29. The molecule has 64 valence electrons. The van der Waals surface area contributed by atoms with Crippen molar-refractivity contribution in [2.45, 2.75) is 0 Å². The number of nitrogens with one attached hydrogen (secondary N) is 1. The number of nitrogens with zero attached hydrogens (tertiary/aromatic N) is 2. The molecule has 1 N–H and O–H groups in total. The standard InChI is InChI=1S/C7H8ClN3O/c1-11(12)10-9-7-4-2-6(8)3-5-7/h2-5,9H,1H3. The highest BCUT2D eigenvalue weighted by molar-refractivity contribution is 6.30. The van der Waals surface area contributed by atoms with Crippen LogP contribution >= 0.6 is 11.6 Å². The number of anilines is 1. The summed E-state index contributed by atoms with van der Waals surface area (Å²) < 4.78 is 0. The van der Waals surface area contributed by atoms with Crippen LogP contribution in [0.2, 0.25) is 5.02 Å². The van der Waals surface area contributed by atoms with Gasteiger partial charge in [0, 0.05) is 5.02 Å². The first-order valence-electron chi connectivity index (χ1n) is 3.31. The van der Waals surface area contributed by atoms with Gasteiger partial charge >= 0.3 is 0 Å². The summed E-state index contributed by atoms with van der Waals surface area (Å²) in [6.45, 7) is 0. The highest BCUT2D eigenvalue weighted by Crippen LogP contribution is 2.12. The zero-order valence-electron chi connectivity index (χ0n) is 6.49. The predicted octanol–water partition coefficient (Wildman–Crippen LogP) is 2.26. The first kappa shape index (κ1) is 8.80. The van der Waals surface area contributed by atoms with Gasteiger partial charge in [-0.2, -0.15) is 4.86 Å². The van der Waals surface area contributed by atoms with Crippen LogP contribution in [0.5, 0.6) is 0 Å². The Bertz CT molecular complexity index is 279. The van der Waals surface area contributed by atoms with Crippen LogP contribution in [0.4, 0.5) is 5.69 Å². The second-order valence-corrected chi connectivity index (χ2v) is 2.62. The lowest BCUT2D eigenvalue weighted by atomic mass is 10.3. The number of hydroxylamine groups is 1. The van der Waals surface area contributed by atoms with E-state index in [9.17, 15) is 5.21 Å². The van der Waals surface area contributed by atoms with Crippen molar-refractivity contribution in [1.29, 1.82) is 0 Å². The lowest BCUT2D eigenvalue weighted by Gasteiger charge is -1.97. The molecule has 0 unspecified atom stereocenters. The second kappa shape index (κ2) is 3.92. The lowest BCUT2D eigenvalue weighted by molar-refractivity contribution is -0.497. The Kier molecular flexibility index (Phi) is 2.88. The highest BCUT2D eigenvalue weighted by Gasteiger charge is 1.93. The summed E-state index contributed by atoms with van der Waals surface area (Å²) in [5.41, 5.74) is 3.28. The van der Waals surface area contributed by atoms with Crippen molar-refractivity contribution in [3.63, 3.8) is 0 Å². The quantitative estimate of drug-likeness (QED) is 0.437. The Morgan fingerprint density at radius 3 is 2.50 bits per heavy atom. The smallest absolute Gasteiger partial charge is 0.146 e. The van der Waals surface area contributed by atoms with Crippen LogP contribution in [0.15, 0.2) is 29.5 Å². The third-order valence-corrected chi connectivity index (χ3v) is 1.42. The van der Waals surface area contributed by atoms with Crippen LogP contribution in [0.1, 0.15) is 0 Å². The van der Waals surface area contributed by atoms with Crippen LogP contribution < -0.4 is 5.43 Å². The van der Waals surface area contributed by atoms with E-state index in [1.165, 1.54) is 7.05 Å². The molecule has 0 amide bonds. The van der Waals surface area contributed by atoms with E-state index in [0.29, 0.717) is 9.88 Å². The Morgan fingerprint density at radius 1 is 1.42 bits per heavy atom. The van der Waals surface area contributed by atoms with Gasteiger partial charge in [-0.15, -0.1) is 5.43 Å². The van der Waals surface area contributed by atoms with Gasteiger partial charge in [0.1, 0.15) is 12.7 Å². The monoisotopic (exact) mass is 185 g/mol. The number of hydrogen-bond donors (Lipinski definition) is 1. The molecule has 0 atom stereocenters. The summed E-state index contributed by atoms with van der Waals surface area (Å²) in [5, 5.41) is 14.4. The number of hydrogen-bond acceptors (Lipinski definition) is 2. The molecule has 5 heteroatoms. The molecule has 4 nitrogen and oxygen atoms in total. The van der Waals surface area contributed by atoms with E-state index in [1.54, 1.807) is 24.3 Å². The fraction of sp³-hybridized carbons (Fsp3) is 0.143. The Hall–Kier alpha value is -1.29. The first-order chi connectivity index (χ1) is 5.68. The average molecular weight is 186 g/mol. The second-order valence-electron chi connectivity index (χ2n) is 2.18. The van der Waals surface area contributed by atoms with Crippen LogP contribution in [0.3, 0.4) is 0 Å². The van der Waals surface area contributed by atoms with Gasteiger partial charge in [-0.25, -0.2) is 0 Å². The van der Waals surface area contributed by atoms with Crippen LogP contribution in [0.25, 0.3) is 0 Å². The maximum Gasteiger partial charge on any atom is 0.146 e. The summed E-state index contributed by atoms with van der Waals surface area (Å²) in [4.78, 5) is 0.439. The topological polar surface area (TPSA) is 50.5 Å². The summed E-state index contributed by atoms with van der Waals surface area (Å²) >= 11 is 5.64. The fourth-order valence-electron chi connectivity index (χ4n) is 0.653. The van der Waals surface area contributed by atoms with Gasteiger partial charge in [0.05, 0.1) is 5.22 Å². The number of rotatable bonds is 2. The van der Waals surface area contributed by atoms with E-state index in [0.717, 1.165) is 5.69 Å². The van der Waals surface area contributed by atoms with Gasteiger partial charge in [-0.1, -0.05) is 11.6 Å². The molecule has 0 aliphatic heterocycles. The van der Waals surface area contributed by atoms with Gasteiger partial charge in [0.2, 0.25) is 0 Å². The maximum atomic E-state index is 10.3. The average Bonchev–Trinajstić information content (AvgIpc) is 2.03. The molecule has 0 bridgehead atoms. The van der Waals surface area contributed by atoms with Gasteiger partial charge in [-0.3, -0.25) is 0 Å². The van der Waals surface area contributed by atoms with Crippen LogP contribution in [-0.2, 0) is 0 Å². The number of benzene rings is 1. The molecular formula is C7H8ClN3O. The zero-order valence-corrected chi connectivity index (χ0v) is 7.25. The van der Waals surface area contributed by atoms with Gasteiger partial charge < -0.3 is 5.21 Å². The molecular weight excluding hydrogens is 178 g/mol. The van der Waals surface area contributed by atoms with E-state index < -0.39 is 0 Å². The maximum absolute atomic E-state index is 10.3. The molecule has 0 aliphatic rings. The molecule has 0 saturated heterocycles. The van der Waals surface area contributed by atoms with E-state index in [-0.39, 0.29) is 0 Å². The predicted molar refractivity (Wildman–Crippen MR) is 47.1 cm³/mol. The zero-order chi connectivity index (χ0) is 8.97. The summed E-state index contributed by atoms with van der Waals surface area (Å²) in [6.07, 6.45) is 0. The molecule has 1 rings (SSSR count). The van der Waals surface area contributed by atoms with Crippen molar-refractivity contribution in [3.8, 4) is 0 Å². The first-order valence-corrected chi connectivity index (χ1v) is 3.69. The van der Waals surface area contributed by atoms with Crippen molar-refractivity contribution in [1.82, 2.24) is 0 Å². The van der Waals surface area contributed by atoms with E-state index in [1.807, 2.05) is 0 Å². The molecule has 0 heterocycles. The van der Waals surface area contributed by atoms with Crippen molar-refractivity contribution >= 4 is 17.3 Å². The molecule has 0 fully saturated rings. The van der Waals surface area contributed by atoms with Crippen LogP contribution in [-0.4, -0.2) is 11.9 Å². The van der Waals surface area contributed by atoms with E-state index >= 15 is 0 Å². The van der Waals surface area contributed by atoms with Crippen LogP contribution in [0, 0.1) is 5.21 Å². The third-order valence-electron chi connectivity index (χ3n) is 1.16. The van der Waals surface area contributed by atoms with Crippen molar-refractivity contribution in [3.05, 3.63) is 34.5 Å². The van der Waals surface area contributed by atoms with E-state index in [4.69, 9.17) is 11.6 Å². The fourth-order valence-corrected chi connectivity index (χ4v) is 0.779. The molecule has 0 saturated carbocycles. The molecule has 0 radical (unpaired) electrons. The molecule has 0 aliphatic carbocycles. The van der Waals surface area contributed by atoms with Crippen molar-refractivity contribution in [2.24, 2.45) is 5.22 Å². The Labute approximate surface area is 75.0 Å². The van der Waals surface area contributed by atoms with Gasteiger partial charge in [0.15, 0.2) is 0 Å². The van der Waals surface area contributed by atoms with Gasteiger partial charge in [0.25, 0.3) is 0 Å².